The predicted octanol–water partition coefficient (Wildman–Crippen LogP) is 2.01. The summed E-state index contributed by atoms with van der Waals surface area (Å²) in [7, 11) is -3.66. The average Bonchev–Trinajstić information content (AvgIpc) is 3.26. The van der Waals surface area contributed by atoms with Crippen molar-refractivity contribution >= 4 is 15.7 Å². The van der Waals surface area contributed by atoms with Crippen molar-refractivity contribution in [3.63, 3.8) is 0 Å². The minimum Gasteiger partial charge on any atom is -0.377 e. The third kappa shape index (κ3) is 5.04. The maximum atomic E-state index is 13.2. The molecule has 2 aliphatic heterocycles. The molecule has 2 heterocycles. The second-order valence-corrected chi connectivity index (χ2v) is 10.3. The third-order valence-corrected chi connectivity index (χ3v) is 8.17. The van der Waals surface area contributed by atoms with Crippen LogP contribution in [0.2, 0.25) is 0 Å². The topological polar surface area (TPSA) is 96.5 Å². The number of nitrogens with one attached hydrogen (secondary N) is 3. The van der Waals surface area contributed by atoms with Crippen LogP contribution in [-0.4, -0.2) is 46.1 Å². The van der Waals surface area contributed by atoms with Gasteiger partial charge in [-0.15, -0.1) is 0 Å². The summed E-state index contributed by atoms with van der Waals surface area (Å²) in [4.78, 5) is 13.1. The molecular weight excluding hydrogens is 426 g/mol. The largest absolute Gasteiger partial charge is 0.377 e. The third-order valence-electron chi connectivity index (χ3n) is 6.30. The van der Waals surface area contributed by atoms with Crippen LogP contribution in [0, 0.1) is 5.92 Å². The van der Waals surface area contributed by atoms with Gasteiger partial charge >= 0.3 is 0 Å². The van der Waals surface area contributed by atoms with Gasteiger partial charge in [0.25, 0.3) is 0 Å². The van der Waals surface area contributed by atoms with Crippen molar-refractivity contribution < 1.29 is 17.9 Å². The van der Waals surface area contributed by atoms with E-state index in [1.165, 1.54) is 0 Å². The molecule has 0 bridgehead atoms. The normalized spacial score (nSPS) is 23.0. The fraction of sp³-hybridized carbons (Fsp3) is 0.458. The molecule has 2 saturated heterocycles. The van der Waals surface area contributed by atoms with Crippen molar-refractivity contribution in [1.29, 1.82) is 0 Å². The number of hydrogen-bond acceptors (Lipinski definition) is 6. The molecule has 3 unspecified atom stereocenters. The van der Waals surface area contributed by atoms with E-state index in [9.17, 15) is 13.2 Å². The van der Waals surface area contributed by atoms with Gasteiger partial charge in [0.15, 0.2) is 0 Å². The molecule has 0 radical (unpaired) electrons. The Bertz CT molecular complexity index is 1030. The van der Waals surface area contributed by atoms with Gasteiger partial charge in [0.2, 0.25) is 15.7 Å². The van der Waals surface area contributed by atoms with E-state index in [2.05, 4.69) is 16.0 Å². The smallest absolute Gasteiger partial charge is 0.237 e. The van der Waals surface area contributed by atoms with E-state index in [0.717, 1.165) is 31.5 Å². The molecule has 2 aliphatic rings. The number of carbonyl (C=O) groups excluding carboxylic acids is 1. The molecule has 2 aromatic carbocycles. The monoisotopic (exact) mass is 457 g/mol. The van der Waals surface area contributed by atoms with Gasteiger partial charge in [0.05, 0.1) is 22.4 Å². The first-order chi connectivity index (χ1) is 15.5. The van der Waals surface area contributed by atoms with E-state index in [1.807, 2.05) is 13.0 Å². The first-order valence-corrected chi connectivity index (χ1v) is 12.7. The van der Waals surface area contributed by atoms with Gasteiger partial charge in [-0.05, 0) is 68.1 Å². The molecule has 7 nitrogen and oxygen atoms in total. The lowest BCUT2D eigenvalue weighted by Gasteiger charge is -2.25. The highest BCUT2D eigenvalue weighted by atomic mass is 32.2. The Labute approximate surface area is 189 Å². The van der Waals surface area contributed by atoms with Gasteiger partial charge in [-0.3, -0.25) is 4.79 Å². The molecule has 0 aromatic heterocycles. The van der Waals surface area contributed by atoms with Gasteiger partial charge in [-0.2, -0.15) is 0 Å². The maximum absolute atomic E-state index is 13.2. The van der Waals surface area contributed by atoms with E-state index in [0.29, 0.717) is 30.7 Å². The van der Waals surface area contributed by atoms with E-state index >= 15 is 0 Å². The molecule has 2 fully saturated rings. The van der Waals surface area contributed by atoms with Crippen LogP contribution in [0.4, 0.5) is 0 Å². The van der Waals surface area contributed by atoms with Crippen molar-refractivity contribution in [2.24, 2.45) is 5.92 Å². The second-order valence-electron chi connectivity index (χ2n) is 8.42. The molecule has 0 saturated carbocycles. The SMILES string of the molecule is CCOCc1ccccc1S(=O)(=O)c1ccc(CNC(=O)C2CC3CNCCC3N2)cc1. The number of hydrogen-bond donors (Lipinski definition) is 3. The number of benzene rings is 2. The standard InChI is InChI=1S/C24H31N3O4S/c1-2-31-16-18-5-3-4-6-23(18)32(29,30)20-9-7-17(8-10-20)14-26-24(28)22-13-19-15-25-12-11-21(19)27-22/h3-10,19,21-22,25,27H,2,11-16H2,1H3,(H,26,28). The summed E-state index contributed by atoms with van der Waals surface area (Å²) in [6, 6.07) is 13.9. The minimum atomic E-state index is -3.66. The zero-order valence-corrected chi connectivity index (χ0v) is 19.2. The van der Waals surface area contributed by atoms with Crippen molar-refractivity contribution in [3.05, 3.63) is 59.7 Å². The van der Waals surface area contributed by atoms with E-state index < -0.39 is 9.84 Å². The van der Waals surface area contributed by atoms with Crippen LogP contribution in [-0.2, 0) is 32.5 Å². The first kappa shape index (κ1) is 22.9. The van der Waals surface area contributed by atoms with Crippen LogP contribution in [0.3, 0.4) is 0 Å². The molecule has 4 rings (SSSR count). The van der Waals surface area contributed by atoms with Crippen LogP contribution in [0.5, 0.6) is 0 Å². The molecule has 8 heteroatoms. The minimum absolute atomic E-state index is 0.000879. The Hall–Kier alpha value is -2.26. The van der Waals surface area contributed by atoms with E-state index in [-0.39, 0.29) is 28.3 Å². The Morgan fingerprint density at radius 3 is 2.69 bits per heavy atom. The molecule has 1 amide bonds. The molecule has 172 valence electrons. The number of amides is 1. The molecule has 0 aliphatic carbocycles. The van der Waals surface area contributed by atoms with Gasteiger partial charge in [-0.25, -0.2) is 8.42 Å². The van der Waals surface area contributed by atoms with Crippen LogP contribution in [0.25, 0.3) is 0 Å². The molecule has 2 aromatic rings. The fourth-order valence-electron chi connectivity index (χ4n) is 4.52. The average molecular weight is 458 g/mol. The quantitative estimate of drug-likeness (QED) is 0.561. The number of carbonyl (C=O) groups is 1. The summed E-state index contributed by atoms with van der Waals surface area (Å²) in [6.45, 7) is 4.97. The Balaban J connectivity index is 1.38. The number of rotatable bonds is 8. The maximum Gasteiger partial charge on any atom is 0.237 e. The van der Waals surface area contributed by atoms with Crippen molar-refractivity contribution in [2.75, 3.05) is 19.7 Å². The number of sulfone groups is 1. The number of ether oxygens (including phenoxy) is 1. The highest BCUT2D eigenvalue weighted by Gasteiger charge is 2.38. The zero-order valence-electron chi connectivity index (χ0n) is 18.3. The van der Waals surface area contributed by atoms with Gasteiger partial charge in [-0.1, -0.05) is 30.3 Å². The predicted molar refractivity (Wildman–Crippen MR) is 122 cm³/mol. The van der Waals surface area contributed by atoms with Gasteiger partial charge < -0.3 is 20.7 Å². The summed E-state index contributed by atoms with van der Waals surface area (Å²) < 4.78 is 31.7. The Morgan fingerprint density at radius 2 is 1.94 bits per heavy atom. The highest BCUT2D eigenvalue weighted by Crippen LogP contribution is 2.26. The second kappa shape index (κ2) is 10.1. The van der Waals surface area contributed by atoms with Crippen molar-refractivity contribution in [3.8, 4) is 0 Å². The van der Waals surface area contributed by atoms with Gasteiger partial charge in [0, 0.05) is 19.2 Å². The lowest BCUT2D eigenvalue weighted by Crippen LogP contribution is -2.45. The van der Waals surface area contributed by atoms with E-state index in [4.69, 9.17) is 4.74 Å². The fourth-order valence-corrected chi connectivity index (χ4v) is 6.00. The zero-order chi connectivity index (χ0) is 22.6. The van der Waals surface area contributed by atoms with E-state index in [1.54, 1.807) is 42.5 Å². The first-order valence-electron chi connectivity index (χ1n) is 11.2. The molecule has 32 heavy (non-hydrogen) atoms. The number of piperidine rings is 1. The van der Waals surface area contributed by atoms with Crippen LogP contribution < -0.4 is 16.0 Å². The van der Waals surface area contributed by atoms with Crippen molar-refractivity contribution in [1.82, 2.24) is 16.0 Å². The summed E-state index contributed by atoms with van der Waals surface area (Å²) in [6.07, 6.45) is 1.90. The Kier molecular flexibility index (Phi) is 7.25. The molecule has 3 atom stereocenters. The molecule has 3 N–H and O–H groups in total. The van der Waals surface area contributed by atoms with Crippen LogP contribution in [0.15, 0.2) is 58.3 Å². The highest BCUT2D eigenvalue weighted by molar-refractivity contribution is 7.91. The Morgan fingerprint density at radius 1 is 1.16 bits per heavy atom. The van der Waals surface area contributed by atoms with Crippen LogP contribution in [0.1, 0.15) is 30.9 Å². The summed E-state index contributed by atoms with van der Waals surface area (Å²) >= 11 is 0. The molecule has 0 spiro atoms. The summed E-state index contributed by atoms with van der Waals surface area (Å²) in [5, 5.41) is 9.83. The summed E-state index contributed by atoms with van der Waals surface area (Å²) in [5.74, 6) is 0.510. The number of fused-ring (bicyclic) bond motifs is 1. The summed E-state index contributed by atoms with van der Waals surface area (Å²) in [5.41, 5.74) is 1.50. The van der Waals surface area contributed by atoms with Crippen LogP contribution >= 0.6 is 0 Å². The lowest BCUT2D eigenvalue weighted by molar-refractivity contribution is -0.123. The van der Waals surface area contributed by atoms with Crippen molar-refractivity contribution in [2.45, 2.75) is 54.8 Å². The van der Waals surface area contributed by atoms with Gasteiger partial charge in [0.1, 0.15) is 0 Å². The lowest BCUT2D eigenvalue weighted by atomic mass is 9.94. The molecular formula is C24H31N3O4S.